The average Bonchev–Trinajstić information content (AvgIpc) is 2.07. The van der Waals surface area contributed by atoms with Gasteiger partial charge in [0, 0.05) is 5.56 Å². The third-order valence-electron chi connectivity index (χ3n) is 2.01. The van der Waals surface area contributed by atoms with E-state index in [4.69, 9.17) is 0 Å². The Bertz CT molecular complexity index is 373. The Morgan fingerprint density at radius 2 is 1.85 bits per heavy atom. The van der Waals surface area contributed by atoms with Crippen molar-refractivity contribution in [2.75, 3.05) is 0 Å². The maximum Gasteiger partial charge on any atom is 0.314 e. The highest BCUT2D eigenvalue weighted by Gasteiger charge is 2.19. The first-order chi connectivity index (χ1) is 5.95. The van der Waals surface area contributed by atoms with Crippen LogP contribution in [0.15, 0.2) is 6.07 Å². The van der Waals surface area contributed by atoms with Crippen LogP contribution in [0.2, 0.25) is 0 Å². The molecule has 0 amide bonds. The van der Waals surface area contributed by atoms with E-state index in [9.17, 15) is 20.3 Å². The van der Waals surface area contributed by atoms with E-state index in [1.807, 2.05) is 0 Å². The van der Waals surface area contributed by atoms with Crippen LogP contribution in [-0.4, -0.2) is 15.1 Å². The van der Waals surface area contributed by atoms with E-state index in [-0.39, 0.29) is 11.5 Å². The fourth-order valence-corrected chi connectivity index (χ4v) is 1.01. The van der Waals surface area contributed by atoms with Gasteiger partial charge in [-0.1, -0.05) is 0 Å². The molecule has 1 rings (SSSR count). The number of phenolic OH excluding ortho intramolecular Hbond substituents is 2. The van der Waals surface area contributed by atoms with E-state index in [0.717, 1.165) is 6.07 Å². The summed E-state index contributed by atoms with van der Waals surface area (Å²) in [6.45, 7) is 3.09. The second-order valence-corrected chi connectivity index (χ2v) is 2.77. The fourth-order valence-electron chi connectivity index (χ4n) is 1.01. The first-order valence-electron chi connectivity index (χ1n) is 3.61. The smallest absolute Gasteiger partial charge is 0.314 e. The van der Waals surface area contributed by atoms with Gasteiger partial charge in [0.1, 0.15) is 5.75 Å². The summed E-state index contributed by atoms with van der Waals surface area (Å²) in [6, 6.07) is 0.942. The predicted octanol–water partition coefficient (Wildman–Crippen LogP) is 1.62. The summed E-state index contributed by atoms with van der Waals surface area (Å²) in [5.41, 5.74) is 0.301. The monoisotopic (exact) mass is 183 g/mol. The normalized spacial score (nSPS) is 10.0. The lowest BCUT2D eigenvalue weighted by atomic mass is 10.1. The molecule has 1 aromatic rings. The fraction of sp³-hybridized carbons (Fsp3) is 0.250. The van der Waals surface area contributed by atoms with Crippen LogP contribution in [0.5, 0.6) is 11.5 Å². The first kappa shape index (κ1) is 9.31. The van der Waals surface area contributed by atoms with Gasteiger partial charge in [-0.05, 0) is 19.4 Å². The molecule has 2 N–H and O–H groups in total. The zero-order chi connectivity index (χ0) is 10.2. The highest BCUT2D eigenvalue weighted by Crippen LogP contribution is 2.36. The topological polar surface area (TPSA) is 83.6 Å². The Labute approximate surface area is 74.4 Å². The molecule has 0 aromatic heterocycles. The number of hydrogen-bond acceptors (Lipinski definition) is 4. The maximum absolute atomic E-state index is 10.4. The van der Waals surface area contributed by atoms with E-state index in [1.165, 1.54) is 6.92 Å². The Hall–Kier alpha value is -1.78. The number of nitro benzene ring substituents is 1. The SMILES string of the molecule is Cc1c(O)cc([N+](=O)[O-])c(O)c1C. The zero-order valence-electron chi connectivity index (χ0n) is 7.24. The van der Waals surface area contributed by atoms with Crippen molar-refractivity contribution in [1.82, 2.24) is 0 Å². The van der Waals surface area contributed by atoms with Crippen LogP contribution in [-0.2, 0) is 0 Å². The molecule has 5 nitrogen and oxygen atoms in total. The third-order valence-corrected chi connectivity index (χ3v) is 2.01. The molecule has 0 unspecified atom stereocenters. The van der Waals surface area contributed by atoms with Crippen molar-refractivity contribution in [3.8, 4) is 11.5 Å². The number of hydrogen-bond donors (Lipinski definition) is 2. The molecule has 0 fully saturated rings. The van der Waals surface area contributed by atoms with Gasteiger partial charge in [0.2, 0.25) is 0 Å². The van der Waals surface area contributed by atoms with Crippen LogP contribution in [0.25, 0.3) is 0 Å². The molecule has 0 saturated heterocycles. The summed E-state index contributed by atoms with van der Waals surface area (Å²) in [4.78, 5) is 9.64. The zero-order valence-corrected chi connectivity index (χ0v) is 7.24. The van der Waals surface area contributed by atoms with Gasteiger partial charge < -0.3 is 10.2 Å². The molecule has 0 bridgehead atoms. The van der Waals surface area contributed by atoms with E-state index >= 15 is 0 Å². The van der Waals surface area contributed by atoms with E-state index < -0.39 is 10.6 Å². The molecular weight excluding hydrogens is 174 g/mol. The van der Waals surface area contributed by atoms with Crippen LogP contribution in [0.4, 0.5) is 5.69 Å². The van der Waals surface area contributed by atoms with Gasteiger partial charge in [-0.3, -0.25) is 10.1 Å². The number of rotatable bonds is 1. The summed E-state index contributed by atoms with van der Waals surface area (Å²) in [5.74, 6) is -0.567. The molecule has 13 heavy (non-hydrogen) atoms. The summed E-state index contributed by atoms with van der Waals surface area (Å²) in [6.07, 6.45) is 0. The molecular formula is C8H9NO4. The van der Waals surface area contributed by atoms with Gasteiger partial charge in [0.15, 0.2) is 5.75 Å². The molecule has 0 heterocycles. The average molecular weight is 183 g/mol. The molecule has 5 heteroatoms. The molecule has 0 aliphatic heterocycles. The summed E-state index contributed by atoms with van der Waals surface area (Å²) < 4.78 is 0. The quantitative estimate of drug-likeness (QED) is 0.393. The van der Waals surface area contributed by atoms with Crippen LogP contribution in [0.1, 0.15) is 11.1 Å². The minimum atomic E-state index is -0.735. The van der Waals surface area contributed by atoms with Crippen molar-refractivity contribution in [2.24, 2.45) is 0 Å². The van der Waals surface area contributed by atoms with Crippen LogP contribution in [0, 0.1) is 24.0 Å². The number of nitro groups is 1. The Kier molecular flexibility index (Phi) is 2.10. The van der Waals surface area contributed by atoms with Crippen molar-refractivity contribution in [2.45, 2.75) is 13.8 Å². The molecule has 0 aliphatic rings. The molecule has 0 spiro atoms. The largest absolute Gasteiger partial charge is 0.507 e. The first-order valence-corrected chi connectivity index (χ1v) is 3.61. The maximum atomic E-state index is 10.4. The minimum absolute atomic E-state index is 0.179. The van der Waals surface area contributed by atoms with Crippen LogP contribution in [0.3, 0.4) is 0 Å². The van der Waals surface area contributed by atoms with Gasteiger partial charge in [-0.15, -0.1) is 0 Å². The highest BCUT2D eigenvalue weighted by molar-refractivity contribution is 5.58. The molecule has 70 valence electrons. The molecule has 0 radical (unpaired) electrons. The van der Waals surface area contributed by atoms with Gasteiger partial charge in [-0.25, -0.2) is 0 Å². The van der Waals surface area contributed by atoms with Crippen molar-refractivity contribution < 1.29 is 15.1 Å². The third kappa shape index (κ3) is 1.40. The van der Waals surface area contributed by atoms with Crippen molar-refractivity contribution >= 4 is 5.69 Å². The lowest BCUT2D eigenvalue weighted by molar-refractivity contribution is -0.386. The minimum Gasteiger partial charge on any atom is -0.507 e. The standard InChI is InChI=1S/C8H9NO4/c1-4-5(2)8(11)6(9(12)13)3-7(4)10/h3,10-11H,1-2H3. The van der Waals surface area contributed by atoms with Crippen LogP contribution < -0.4 is 0 Å². The summed E-state index contributed by atoms with van der Waals surface area (Å²) in [5, 5.41) is 28.9. The van der Waals surface area contributed by atoms with E-state index in [2.05, 4.69) is 0 Å². The Morgan fingerprint density at radius 1 is 1.31 bits per heavy atom. The van der Waals surface area contributed by atoms with E-state index in [1.54, 1.807) is 6.92 Å². The van der Waals surface area contributed by atoms with Gasteiger partial charge in [0.25, 0.3) is 0 Å². The van der Waals surface area contributed by atoms with Crippen molar-refractivity contribution in [3.63, 3.8) is 0 Å². The number of nitrogens with zero attached hydrogens (tertiary/aromatic N) is 1. The van der Waals surface area contributed by atoms with E-state index in [0.29, 0.717) is 11.1 Å². The molecule has 0 aliphatic carbocycles. The second kappa shape index (κ2) is 2.93. The number of aromatic hydroxyl groups is 2. The second-order valence-electron chi connectivity index (χ2n) is 2.77. The lowest BCUT2D eigenvalue weighted by Crippen LogP contribution is -1.92. The Balaban J connectivity index is 3.50. The van der Waals surface area contributed by atoms with Gasteiger partial charge in [0.05, 0.1) is 11.0 Å². The summed E-state index contributed by atoms with van der Waals surface area (Å²) in [7, 11) is 0. The van der Waals surface area contributed by atoms with Gasteiger partial charge in [-0.2, -0.15) is 0 Å². The van der Waals surface area contributed by atoms with Gasteiger partial charge >= 0.3 is 5.69 Å². The summed E-state index contributed by atoms with van der Waals surface area (Å²) >= 11 is 0. The molecule has 1 aromatic carbocycles. The lowest BCUT2D eigenvalue weighted by Gasteiger charge is -2.05. The van der Waals surface area contributed by atoms with Crippen molar-refractivity contribution in [3.05, 3.63) is 27.3 Å². The van der Waals surface area contributed by atoms with Crippen molar-refractivity contribution in [1.29, 1.82) is 0 Å². The predicted molar refractivity (Wildman–Crippen MR) is 45.9 cm³/mol. The molecule has 0 saturated carbocycles. The highest BCUT2D eigenvalue weighted by atomic mass is 16.6. The molecule has 0 atom stereocenters. The number of phenols is 2. The Morgan fingerprint density at radius 3 is 2.31 bits per heavy atom. The van der Waals surface area contributed by atoms with Crippen LogP contribution >= 0.6 is 0 Å². The number of benzene rings is 1.